The van der Waals surface area contributed by atoms with Crippen LogP contribution in [0.3, 0.4) is 0 Å². The fraction of sp³-hybridized carbons (Fsp3) is 0.0588. The molecule has 1 heterocycles. The number of hydrogen-bond acceptors (Lipinski definition) is 4. The van der Waals surface area contributed by atoms with E-state index >= 15 is 0 Å². The van der Waals surface area contributed by atoms with E-state index in [0.29, 0.717) is 16.6 Å². The van der Waals surface area contributed by atoms with Crippen molar-refractivity contribution in [3.63, 3.8) is 0 Å². The van der Waals surface area contributed by atoms with Crippen LogP contribution in [0.5, 0.6) is 0 Å². The summed E-state index contributed by atoms with van der Waals surface area (Å²) < 4.78 is 12.4. The van der Waals surface area contributed by atoms with Gasteiger partial charge in [-0.25, -0.2) is 9.97 Å². The number of hydrogen-bond donors (Lipinski definition) is 1. The molecular weight excluding hydrogens is 330 g/mol. The van der Waals surface area contributed by atoms with Crippen molar-refractivity contribution in [3.8, 4) is 0 Å². The second-order valence-electron chi connectivity index (χ2n) is 4.85. The Morgan fingerprint density at radius 1 is 1.09 bits per heavy atom. The van der Waals surface area contributed by atoms with Crippen LogP contribution in [0.1, 0.15) is 5.56 Å². The predicted molar refractivity (Wildman–Crippen MR) is 93.3 cm³/mol. The van der Waals surface area contributed by atoms with Gasteiger partial charge in [-0.15, -0.1) is 0 Å². The van der Waals surface area contributed by atoms with Gasteiger partial charge in [0.15, 0.2) is 5.82 Å². The van der Waals surface area contributed by atoms with Crippen LogP contribution in [0.2, 0.25) is 5.02 Å². The first-order valence-corrected chi connectivity index (χ1v) is 8.67. The summed E-state index contributed by atoms with van der Waals surface area (Å²) in [5.41, 5.74) is 1.82. The molecule has 0 saturated carbocycles. The Morgan fingerprint density at radius 2 is 1.91 bits per heavy atom. The highest BCUT2D eigenvalue weighted by molar-refractivity contribution is 7.84. The topological polar surface area (TPSA) is 54.9 Å². The van der Waals surface area contributed by atoms with E-state index in [9.17, 15) is 4.21 Å². The molecule has 4 nitrogen and oxygen atoms in total. The molecule has 1 atom stereocenters. The van der Waals surface area contributed by atoms with Gasteiger partial charge in [-0.3, -0.25) is 4.21 Å². The summed E-state index contributed by atoms with van der Waals surface area (Å²) in [5.74, 6) is 1.000. The van der Waals surface area contributed by atoms with Gasteiger partial charge >= 0.3 is 0 Å². The van der Waals surface area contributed by atoms with E-state index in [2.05, 4.69) is 15.3 Å². The quantitative estimate of drug-likeness (QED) is 0.755. The zero-order chi connectivity index (χ0) is 16.1. The summed E-state index contributed by atoms with van der Waals surface area (Å²) in [5, 5.41) is 3.59. The molecule has 0 spiro atoms. The Bertz CT molecular complexity index is 827. The van der Waals surface area contributed by atoms with Gasteiger partial charge in [0.1, 0.15) is 11.3 Å². The summed E-state index contributed by atoms with van der Waals surface area (Å²) in [6.45, 7) is 0. The van der Waals surface area contributed by atoms with Crippen molar-refractivity contribution < 1.29 is 4.21 Å². The zero-order valence-corrected chi connectivity index (χ0v) is 13.7. The summed E-state index contributed by atoms with van der Waals surface area (Å²) in [6, 6.07) is 17.2. The molecule has 3 aromatic rings. The minimum absolute atomic E-state index is 0.450. The van der Waals surface area contributed by atoms with E-state index in [-0.39, 0.29) is 0 Å². The smallest absolute Gasteiger partial charge is 0.152 e. The average molecular weight is 344 g/mol. The van der Waals surface area contributed by atoms with Crippen molar-refractivity contribution in [1.82, 2.24) is 9.97 Å². The first kappa shape index (κ1) is 15.6. The van der Waals surface area contributed by atoms with Gasteiger partial charge in [0.05, 0.1) is 22.7 Å². The number of aromatic nitrogens is 2. The third kappa shape index (κ3) is 4.15. The van der Waals surface area contributed by atoms with Crippen LogP contribution in [0.15, 0.2) is 72.0 Å². The summed E-state index contributed by atoms with van der Waals surface area (Å²) in [4.78, 5) is 8.78. The lowest BCUT2D eigenvalue weighted by Gasteiger charge is -2.09. The van der Waals surface area contributed by atoms with Gasteiger partial charge in [0, 0.05) is 10.6 Å². The van der Waals surface area contributed by atoms with Crippen LogP contribution >= 0.6 is 11.6 Å². The van der Waals surface area contributed by atoms with Gasteiger partial charge < -0.3 is 5.32 Å². The van der Waals surface area contributed by atoms with E-state index < -0.39 is 10.8 Å². The molecule has 6 heteroatoms. The Labute approximate surface area is 142 Å². The minimum Gasteiger partial charge on any atom is -0.339 e. The van der Waals surface area contributed by atoms with Crippen molar-refractivity contribution in [3.05, 3.63) is 77.7 Å². The Hall–Kier alpha value is -2.24. The monoisotopic (exact) mass is 343 g/mol. The van der Waals surface area contributed by atoms with Gasteiger partial charge in [0.2, 0.25) is 0 Å². The van der Waals surface area contributed by atoms with Crippen molar-refractivity contribution in [2.75, 3.05) is 5.32 Å². The average Bonchev–Trinajstić information content (AvgIpc) is 2.58. The molecule has 1 aromatic heterocycles. The van der Waals surface area contributed by atoms with Crippen LogP contribution in [-0.4, -0.2) is 14.2 Å². The van der Waals surface area contributed by atoms with Crippen molar-refractivity contribution >= 4 is 33.9 Å². The number of nitrogens with one attached hydrogen (secondary N) is 1. The molecule has 3 rings (SSSR count). The highest BCUT2D eigenvalue weighted by atomic mass is 35.5. The molecule has 0 aliphatic carbocycles. The van der Waals surface area contributed by atoms with Crippen LogP contribution in [0.25, 0.3) is 0 Å². The van der Waals surface area contributed by atoms with Crippen LogP contribution in [-0.2, 0) is 16.6 Å². The lowest BCUT2D eigenvalue weighted by molar-refractivity contribution is 0.682. The van der Waals surface area contributed by atoms with E-state index in [1.54, 1.807) is 0 Å². The Kier molecular flexibility index (Phi) is 5.00. The molecule has 0 bridgehead atoms. The fourth-order valence-electron chi connectivity index (χ4n) is 2.09. The second kappa shape index (κ2) is 7.35. The molecular formula is C17H14ClN3OS. The standard InChI is InChI=1S/C17H14ClN3OS/c18-16-10-19-12-20-17(16)21-14-6-4-5-13(9-14)11-23(22)15-7-2-1-3-8-15/h1-10,12H,11H2,(H,19,20,21). The van der Waals surface area contributed by atoms with Crippen LogP contribution in [0.4, 0.5) is 11.5 Å². The molecule has 1 N–H and O–H groups in total. The van der Waals surface area contributed by atoms with Crippen molar-refractivity contribution in [2.45, 2.75) is 10.6 Å². The molecule has 0 saturated heterocycles. The molecule has 1 unspecified atom stereocenters. The normalized spacial score (nSPS) is 11.9. The lowest BCUT2D eigenvalue weighted by atomic mass is 10.2. The fourth-order valence-corrected chi connectivity index (χ4v) is 3.35. The molecule has 116 valence electrons. The first-order valence-electron chi connectivity index (χ1n) is 6.97. The summed E-state index contributed by atoms with van der Waals surface area (Å²) in [7, 11) is -1.07. The SMILES string of the molecule is O=S(Cc1cccc(Nc2ncncc2Cl)c1)c1ccccc1. The first-order chi connectivity index (χ1) is 11.2. The summed E-state index contributed by atoms with van der Waals surface area (Å²) >= 11 is 6.04. The third-order valence-corrected chi connectivity index (χ3v) is 4.83. The van der Waals surface area contributed by atoms with Crippen molar-refractivity contribution in [2.24, 2.45) is 0 Å². The highest BCUT2D eigenvalue weighted by Gasteiger charge is 2.06. The number of anilines is 2. The molecule has 0 aliphatic rings. The van der Waals surface area contributed by atoms with Gasteiger partial charge in [-0.1, -0.05) is 41.9 Å². The third-order valence-electron chi connectivity index (χ3n) is 3.16. The number of rotatable bonds is 5. The molecule has 0 aliphatic heterocycles. The van der Waals surface area contributed by atoms with E-state index in [1.165, 1.54) is 12.5 Å². The zero-order valence-electron chi connectivity index (χ0n) is 12.1. The summed E-state index contributed by atoms with van der Waals surface area (Å²) in [6.07, 6.45) is 2.97. The molecule has 0 radical (unpaired) electrons. The van der Waals surface area contributed by atoms with Gasteiger partial charge in [-0.05, 0) is 29.8 Å². The van der Waals surface area contributed by atoms with E-state index in [4.69, 9.17) is 11.6 Å². The highest BCUT2D eigenvalue weighted by Crippen LogP contribution is 2.23. The number of benzene rings is 2. The molecule has 0 fully saturated rings. The van der Waals surface area contributed by atoms with Gasteiger partial charge in [0.25, 0.3) is 0 Å². The maximum atomic E-state index is 12.4. The van der Waals surface area contributed by atoms with Gasteiger partial charge in [-0.2, -0.15) is 0 Å². The Morgan fingerprint density at radius 3 is 2.70 bits per heavy atom. The molecule has 2 aromatic carbocycles. The maximum absolute atomic E-state index is 12.4. The number of halogens is 1. The van der Waals surface area contributed by atoms with Crippen LogP contribution < -0.4 is 5.32 Å². The number of nitrogens with zero attached hydrogens (tertiary/aromatic N) is 2. The second-order valence-corrected chi connectivity index (χ2v) is 6.71. The minimum atomic E-state index is -1.07. The maximum Gasteiger partial charge on any atom is 0.152 e. The van der Waals surface area contributed by atoms with Crippen LogP contribution in [0, 0.1) is 0 Å². The van der Waals surface area contributed by atoms with E-state index in [0.717, 1.165) is 16.1 Å². The van der Waals surface area contributed by atoms with Crippen molar-refractivity contribution in [1.29, 1.82) is 0 Å². The molecule has 0 amide bonds. The largest absolute Gasteiger partial charge is 0.339 e. The Balaban J connectivity index is 1.75. The predicted octanol–water partition coefficient (Wildman–Crippen LogP) is 4.18. The molecule has 23 heavy (non-hydrogen) atoms. The van der Waals surface area contributed by atoms with E-state index in [1.807, 2.05) is 54.6 Å². The lowest BCUT2D eigenvalue weighted by Crippen LogP contribution is -1.99.